The summed E-state index contributed by atoms with van der Waals surface area (Å²) < 4.78 is 67.9. The third-order valence-electron chi connectivity index (χ3n) is 5.95. The number of hydrogen-bond donors (Lipinski definition) is 0. The summed E-state index contributed by atoms with van der Waals surface area (Å²) >= 11 is 0. The highest BCUT2D eigenvalue weighted by Crippen LogP contribution is 2.59. The van der Waals surface area contributed by atoms with Gasteiger partial charge in [-0.2, -0.15) is 26.9 Å². The van der Waals surface area contributed by atoms with E-state index in [4.69, 9.17) is 4.18 Å². The second-order valence-corrected chi connectivity index (χ2v) is 9.15. The maximum absolute atomic E-state index is 13.1. The molecule has 0 saturated heterocycles. The van der Waals surface area contributed by atoms with E-state index in [0.29, 0.717) is 16.7 Å². The molecule has 31 heavy (non-hydrogen) atoms. The van der Waals surface area contributed by atoms with Gasteiger partial charge in [-0.15, -0.1) is 0 Å². The molecule has 8 heteroatoms. The molecule has 0 aliphatic heterocycles. The second kappa shape index (κ2) is 6.34. The highest BCUT2D eigenvalue weighted by Gasteiger charge is 2.51. The molecule has 6 rings (SSSR count). The molecular formula is C23H14F3NO3S. The molecule has 0 radical (unpaired) electrons. The van der Waals surface area contributed by atoms with Crippen molar-refractivity contribution in [2.24, 2.45) is 0 Å². The van der Waals surface area contributed by atoms with E-state index >= 15 is 0 Å². The van der Waals surface area contributed by atoms with Crippen LogP contribution in [-0.2, 0) is 10.1 Å². The van der Waals surface area contributed by atoms with Gasteiger partial charge >= 0.3 is 15.6 Å². The van der Waals surface area contributed by atoms with Crippen LogP contribution in [0.5, 0.6) is 5.75 Å². The number of alkyl halides is 3. The molecule has 3 aliphatic carbocycles. The van der Waals surface area contributed by atoms with Crippen molar-refractivity contribution in [3.63, 3.8) is 0 Å². The normalized spacial score (nSPS) is 18.5. The quantitative estimate of drug-likeness (QED) is 0.283. The van der Waals surface area contributed by atoms with Crippen molar-refractivity contribution in [3.8, 4) is 11.8 Å². The van der Waals surface area contributed by atoms with Crippen molar-refractivity contribution in [1.82, 2.24) is 0 Å². The lowest BCUT2D eigenvalue weighted by molar-refractivity contribution is -0.0500. The number of benzene rings is 3. The van der Waals surface area contributed by atoms with E-state index in [1.807, 2.05) is 48.5 Å². The van der Waals surface area contributed by atoms with Crippen LogP contribution in [-0.4, -0.2) is 13.9 Å². The van der Waals surface area contributed by atoms with E-state index in [1.165, 1.54) is 13.0 Å². The molecule has 3 aliphatic rings. The van der Waals surface area contributed by atoms with E-state index in [1.54, 1.807) is 0 Å². The van der Waals surface area contributed by atoms with E-state index in [0.717, 1.165) is 22.3 Å². The van der Waals surface area contributed by atoms with Crippen molar-refractivity contribution in [3.05, 3.63) is 99.1 Å². The number of halogens is 3. The summed E-state index contributed by atoms with van der Waals surface area (Å²) in [5.74, 6) is -1.30. The van der Waals surface area contributed by atoms with Crippen molar-refractivity contribution in [2.75, 3.05) is 0 Å². The minimum absolute atomic E-state index is 0.158. The van der Waals surface area contributed by atoms with Gasteiger partial charge in [0.2, 0.25) is 0 Å². The first-order chi connectivity index (χ1) is 14.7. The van der Waals surface area contributed by atoms with Crippen molar-refractivity contribution < 1.29 is 25.8 Å². The lowest BCUT2D eigenvalue weighted by atomic mass is 9.60. The fourth-order valence-electron chi connectivity index (χ4n) is 4.83. The summed E-state index contributed by atoms with van der Waals surface area (Å²) in [5, 5.41) is 9.81. The summed E-state index contributed by atoms with van der Waals surface area (Å²) in [6.45, 7) is 1.45. The van der Waals surface area contributed by atoms with Gasteiger partial charge in [-0.25, -0.2) is 0 Å². The zero-order chi connectivity index (χ0) is 22.1. The monoisotopic (exact) mass is 441 g/mol. The Balaban J connectivity index is 1.87. The van der Waals surface area contributed by atoms with Crippen LogP contribution in [0.25, 0.3) is 0 Å². The first-order valence-corrected chi connectivity index (χ1v) is 10.8. The summed E-state index contributed by atoms with van der Waals surface area (Å²) in [7, 11) is -5.88. The van der Waals surface area contributed by atoms with Crippen molar-refractivity contribution >= 4 is 10.1 Å². The zero-order valence-electron chi connectivity index (χ0n) is 16.1. The number of nitriles is 1. The summed E-state index contributed by atoms with van der Waals surface area (Å²) in [5.41, 5.74) is -0.676. The fraction of sp³-hybridized carbons (Fsp3) is 0.174. The third kappa shape index (κ3) is 2.63. The standard InChI is InChI=1S/C23H14F3NO3S/c1-12-10-13(11-27)18-19-14-6-2-4-8-16(14)20(17-9-5-3-7-15(17)19)21(18)22(12)30-31(28,29)23(24,25)26/h2-10,19-20H,1H3. The summed E-state index contributed by atoms with van der Waals surface area (Å²) in [6.07, 6.45) is 0. The van der Waals surface area contributed by atoms with Crippen LogP contribution >= 0.6 is 0 Å². The molecule has 4 nitrogen and oxygen atoms in total. The molecule has 2 bridgehead atoms. The Morgan fingerprint density at radius 1 is 0.903 bits per heavy atom. The van der Waals surface area contributed by atoms with Crippen molar-refractivity contribution in [1.29, 1.82) is 5.26 Å². The van der Waals surface area contributed by atoms with Gasteiger partial charge in [0.1, 0.15) is 5.75 Å². The first kappa shape index (κ1) is 19.6. The Bertz CT molecular complexity index is 1360. The van der Waals surface area contributed by atoms with E-state index in [-0.39, 0.29) is 11.3 Å². The number of hydrogen-bond acceptors (Lipinski definition) is 4. The molecule has 0 amide bonds. The highest BCUT2D eigenvalue weighted by molar-refractivity contribution is 7.88. The maximum Gasteiger partial charge on any atom is 0.534 e. The van der Waals surface area contributed by atoms with Gasteiger partial charge < -0.3 is 4.18 Å². The molecular weight excluding hydrogens is 427 g/mol. The summed E-state index contributed by atoms with van der Waals surface area (Å²) in [4.78, 5) is 0. The van der Waals surface area contributed by atoms with Crippen LogP contribution < -0.4 is 4.18 Å². The lowest BCUT2D eigenvalue weighted by Gasteiger charge is -2.43. The van der Waals surface area contributed by atoms with E-state index < -0.39 is 27.5 Å². The Hall–Kier alpha value is -3.31. The highest BCUT2D eigenvalue weighted by atomic mass is 32.2. The zero-order valence-corrected chi connectivity index (χ0v) is 16.9. The average molecular weight is 441 g/mol. The van der Waals surface area contributed by atoms with Crippen LogP contribution in [0.15, 0.2) is 54.6 Å². The minimum atomic E-state index is -5.88. The molecule has 0 saturated carbocycles. The number of rotatable bonds is 2. The SMILES string of the molecule is Cc1cc(C#N)c2c(c1OS(=O)(=O)C(F)(F)F)C1c3ccccc3C2c2ccccc21. The summed E-state index contributed by atoms with van der Waals surface area (Å²) in [6, 6.07) is 18.5. The molecule has 156 valence electrons. The molecule has 3 aromatic carbocycles. The first-order valence-electron chi connectivity index (χ1n) is 9.41. The van der Waals surface area contributed by atoms with Crippen LogP contribution in [0, 0.1) is 18.3 Å². The predicted molar refractivity (Wildman–Crippen MR) is 106 cm³/mol. The number of aryl methyl sites for hydroxylation is 1. The molecule has 0 aromatic heterocycles. The third-order valence-corrected chi connectivity index (χ3v) is 6.91. The van der Waals surface area contributed by atoms with Crippen LogP contribution in [0.1, 0.15) is 56.3 Å². The minimum Gasteiger partial charge on any atom is -0.375 e. The molecule has 0 atom stereocenters. The number of nitrogens with zero attached hydrogens (tertiary/aromatic N) is 1. The van der Waals surface area contributed by atoms with Gasteiger partial charge in [-0.05, 0) is 46.4 Å². The molecule has 0 unspecified atom stereocenters. The van der Waals surface area contributed by atoms with Gasteiger partial charge in [0, 0.05) is 17.4 Å². The van der Waals surface area contributed by atoms with Crippen LogP contribution in [0.2, 0.25) is 0 Å². The lowest BCUT2D eigenvalue weighted by Crippen LogP contribution is -2.32. The predicted octanol–water partition coefficient (Wildman–Crippen LogP) is 5.08. The Labute approximate surface area is 176 Å². The van der Waals surface area contributed by atoms with Gasteiger partial charge in [0.05, 0.1) is 11.6 Å². The van der Waals surface area contributed by atoms with Crippen molar-refractivity contribution in [2.45, 2.75) is 24.3 Å². The van der Waals surface area contributed by atoms with Crippen LogP contribution in [0.4, 0.5) is 13.2 Å². The van der Waals surface area contributed by atoms with Gasteiger partial charge in [-0.3, -0.25) is 0 Å². The topological polar surface area (TPSA) is 67.2 Å². The Kier molecular flexibility index (Phi) is 4.02. The molecule has 0 spiro atoms. The molecule has 0 N–H and O–H groups in total. The molecule has 0 fully saturated rings. The van der Waals surface area contributed by atoms with E-state index in [9.17, 15) is 26.9 Å². The van der Waals surface area contributed by atoms with Gasteiger partial charge in [0.25, 0.3) is 0 Å². The molecule has 0 heterocycles. The van der Waals surface area contributed by atoms with E-state index in [2.05, 4.69) is 6.07 Å². The average Bonchev–Trinajstić information content (AvgIpc) is 2.74. The fourth-order valence-corrected chi connectivity index (χ4v) is 5.36. The molecule has 3 aromatic rings. The van der Waals surface area contributed by atoms with Gasteiger partial charge in [-0.1, -0.05) is 48.5 Å². The maximum atomic E-state index is 13.1. The Morgan fingerprint density at radius 2 is 1.35 bits per heavy atom. The Morgan fingerprint density at radius 3 is 1.77 bits per heavy atom. The second-order valence-electron chi connectivity index (χ2n) is 7.62. The van der Waals surface area contributed by atoms with Gasteiger partial charge in [0.15, 0.2) is 0 Å². The van der Waals surface area contributed by atoms with Crippen LogP contribution in [0.3, 0.4) is 0 Å². The smallest absolute Gasteiger partial charge is 0.375 e. The largest absolute Gasteiger partial charge is 0.534 e.